The van der Waals surface area contributed by atoms with Crippen LogP contribution in [0, 0.1) is 0 Å². The van der Waals surface area contributed by atoms with Gasteiger partial charge < -0.3 is 20.1 Å². The summed E-state index contributed by atoms with van der Waals surface area (Å²) in [5.74, 6) is 0.669. The molecule has 138 valence electrons. The maximum Gasteiger partial charge on any atom is 0.265 e. The molecule has 1 aromatic heterocycles. The number of methoxy groups -OCH3 is 2. The number of thiophene rings is 1. The number of hydrogen-bond donors (Lipinski definition) is 2. The summed E-state index contributed by atoms with van der Waals surface area (Å²) < 4.78 is 10.4. The van der Waals surface area contributed by atoms with Crippen molar-refractivity contribution >= 4 is 34.5 Å². The Morgan fingerprint density at radius 3 is 2.30 bits per heavy atom. The first kappa shape index (κ1) is 18.5. The monoisotopic (exact) mass is 382 g/mol. The minimum Gasteiger partial charge on any atom is -0.497 e. The van der Waals surface area contributed by atoms with Gasteiger partial charge in [0.05, 0.1) is 24.8 Å². The molecule has 2 N–H and O–H groups in total. The van der Waals surface area contributed by atoms with Crippen LogP contribution in [0.3, 0.4) is 0 Å². The van der Waals surface area contributed by atoms with Crippen molar-refractivity contribution in [3.05, 3.63) is 70.4 Å². The summed E-state index contributed by atoms with van der Waals surface area (Å²) in [7, 11) is 3.08. The van der Waals surface area contributed by atoms with Crippen molar-refractivity contribution in [1.82, 2.24) is 0 Å². The standard InChI is InChI=1S/C20H18N2O4S/c1-25-15-9-10-17(26-2)16(12-15)22-19(23)13-5-7-14(8-6-13)21-20(24)18-4-3-11-27-18/h3-12H,1-2H3,(H,21,24)(H,22,23). The van der Waals surface area contributed by atoms with Crippen LogP contribution >= 0.6 is 11.3 Å². The lowest BCUT2D eigenvalue weighted by atomic mass is 10.2. The van der Waals surface area contributed by atoms with Crippen LogP contribution in [0.4, 0.5) is 11.4 Å². The van der Waals surface area contributed by atoms with E-state index in [9.17, 15) is 9.59 Å². The first-order valence-electron chi connectivity index (χ1n) is 8.09. The summed E-state index contributed by atoms with van der Waals surface area (Å²) in [6, 6.07) is 15.4. The van der Waals surface area contributed by atoms with Crippen LogP contribution in [0.1, 0.15) is 20.0 Å². The molecule has 0 bridgehead atoms. The molecule has 1 heterocycles. The quantitative estimate of drug-likeness (QED) is 0.667. The lowest BCUT2D eigenvalue weighted by Gasteiger charge is -2.12. The topological polar surface area (TPSA) is 76.7 Å². The molecule has 7 heteroatoms. The Kier molecular flexibility index (Phi) is 5.73. The molecule has 3 aromatic rings. The number of nitrogens with one attached hydrogen (secondary N) is 2. The number of anilines is 2. The number of carbonyl (C=O) groups excluding carboxylic acids is 2. The summed E-state index contributed by atoms with van der Waals surface area (Å²) in [6.45, 7) is 0. The van der Waals surface area contributed by atoms with Gasteiger partial charge in [-0.15, -0.1) is 11.3 Å². The number of carbonyl (C=O) groups is 2. The zero-order valence-electron chi connectivity index (χ0n) is 14.8. The maximum absolute atomic E-state index is 12.5. The molecule has 3 rings (SSSR count). The summed E-state index contributed by atoms with van der Waals surface area (Å²) in [4.78, 5) is 25.2. The van der Waals surface area contributed by atoms with Gasteiger partial charge in [-0.25, -0.2) is 0 Å². The molecule has 2 amide bonds. The maximum atomic E-state index is 12.5. The van der Waals surface area contributed by atoms with Gasteiger partial charge >= 0.3 is 0 Å². The lowest BCUT2D eigenvalue weighted by Crippen LogP contribution is -2.13. The summed E-state index contributed by atoms with van der Waals surface area (Å²) in [6.07, 6.45) is 0. The van der Waals surface area contributed by atoms with Crippen LogP contribution in [-0.4, -0.2) is 26.0 Å². The van der Waals surface area contributed by atoms with E-state index in [2.05, 4.69) is 10.6 Å². The van der Waals surface area contributed by atoms with E-state index in [-0.39, 0.29) is 11.8 Å². The predicted octanol–water partition coefficient (Wildman–Crippen LogP) is 4.27. The van der Waals surface area contributed by atoms with Gasteiger partial charge in [-0.2, -0.15) is 0 Å². The molecule has 0 unspecified atom stereocenters. The Hall–Kier alpha value is -3.32. The van der Waals surface area contributed by atoms with Crippen molar-refractivity contribution in [2.75, 3.05) is 24.9 Å². The van der Waals surface area contributed by atoms with E-state index in [1.165, 1.54) is 18.4 Å². The zero-order valence-corrected chi connectivity index (χ0v) is 15.6. The highest BCUT2D eigenvalue weighted by atomic mass is 32.1. The number of ether oxygens (including phenoxy) is 2. The third-order valence-corrected chi connectivity index (χ3v) is 4.67. The molecule has 0 aliphatic heterocycles. The molecule has 0 atom stereocenters. The van der Waals surface area contributed by atoms with Gasteiger partial charge in [0.25, 0.3) is 11.8 Å². The Balaban J connectivity index is 1.70. The van der Waals surface area contributed by atoms with Crippen LogP contribution in [0.15, 0.2) is 60.0 Å². The summed E-state index contributed by atoms with van der Waals surface area (Å²) in [5.41, 5.74) is 1.58. The van der Waals surface area contributed by atoms with E-state index in [0.717, 1.165) is 0 Å². The molecular formula is C20H18N2O4S. The van der Waals surface area contributed by atoms with Crippen LogP contribution in [-0.2, 0) is 0 Å². The highest BCUT2D eigenvalue weighted by molar-refractivity contribution is 7.12. The third-order valence-electron chi connectivity index (χ3n) is 3.80. The van der Waals surface area contributed by atoms with E-state index in [4.69, 9.17) is 9.47 Å². The zero-order chi connectivity index (χ0) is 19.2. The lowest BCUT2D eigenvalue weighted by molar-refractivity contribution is 0.102. The summed E-state index contributed by atoms with van der Waals surface area (Å²) >= 11 is 1.37. The Bertz CT molecular complexity index is 937. The Morgan fingerprint density at radius 1 is 0.889 bits per heavy atom. The van der Waals surface area contributed by atoms with Crippen LogP contribution in [0.2, 0.25) is 0 Å². The predicted molar refractivity (Wildman–Crippen MR) is 106 cm³/mol. The highest BCUT2D eigenvalue weighted by Crippen LogP contribution is 2.29. The van der Waals surface area contributed by atoms with Crippen molar-refractivity contribution in [2.24, 2.45) is 0 Å². The van der Waals surface area contributed by atoms with Gasteiger partial charge in [0.1, 0.15) is 11.5 Å². The molecule has 0 radical (unpaired) electrons. The summed E-state index contributed by atoms with van der Waals surface area (Å²) in [5, 5.41) is 7.44. The number of amides is 2. The molecule has 0 aliphatic carbocycles. The fraction of sp³-hybridized carbons (Fsp3) is 0.100. The van der Waals surface area contributed by atoms with Gasteiger partial charge in [0, 0.05) is 17.3 Å². The SMILES string of the molecule is COc1ccc(OC)c(NC(=O)c2ccc(NC(=O)c3cccs3)cc2)c1. The first-order chi connectivity index (χ1) is 13.1. The Morgan fingerprint density at radius 2 is 1.67 bits per heavy atom. The number of hydrogen-bond acceptors (Lipinski definition) is 5. The second-order valence-electron chi connectivity index (χ2n) is 5.53. The molecule has 27 heavy (non-hydrogen) atoms. The molecule has 0 fully saturated rings. The van der Waals surface area contributed by atoms with Gasteiger partial charge in [0.2, 0.25) is 0 Å². The smallest absolute Gasteiger partial charge is 0.265 e. The highest BCUT2D eigenvalue weighted by Gasteiger charge is 2.12. The normalized spacial score (nSPS) is 10.1. The van der Waals surface area contributed by atoms with Gasteiger partial charge in [-0.3, -0.25) is 9.59 Å². The minimum absolute atomic E-state index is 0.177. The van der Waals surface area contributed by atoms with E-state index in [0.29, 0.717) is 33.3 Å². The van der Waals surface area contributed by atoms with E-state index < -0.39 is 0 Å². The fourth-order valence-electron chi connectivity index (χ4n) is 2.41. The van der Waals surface area contributed by atoms with Crippen molar-refractivity contribution in [3.63, 3.8) is 0 Å². The van der Waals surface area contributed by atoms with E-state index in [1.807, 2.05) is 11.4 Å². The van der Waals surface area contributed by atoms with Crippen LogP contribution in [0.5, 0.6) is 11.5 Å². The molecular weight excluding hydrogens is 364 g/mol. The fourth-order valence-corrected chi connectivity index (χ4v) is 3.03. The second-order valence-corrected chi connectivity index (χ2v) is 6.48. The first-order valence-corrected chi connectivity index (χ1v) is 8.97. The average molecular weight is 382 g/mol. The largest absolute Gasteiger partial charge is 0.497 e. The van der Waals surface area contributed by atoms with Gasteiger partial charge in [0.15, 0.2) is 0 Å². The number of benzene rings is 2. The molecule has 0 aliphatic rings. The van der Waals surface area contributed by atoms with Crippen molar-refractivity contribution in [3.8, 4) is 11.5 Å². The van der Waals surface area contributed by atoms with Gasteiger partial charge in [-0.1, -0.05) is 6.07 Å². The molecule has 0 saturated heterocycles. The molecule has 0 spiro atoms. The van der Waals surface area contributed by atoms with Crippen molar-refractivity contribution in [2.45, 2.75) is 0 Å². The van der Waals surface area contributed by atoms with E-state index in [1.54, 1.807) is 55.6 Å². The number of rotatable bonds is 6. The van der Waals surface area contributed by atoms with Crippen molar-refractivity contribution < 1.29 is 19.1 Å². The van der Waals surface area contributed by atoms with Crippen molar-refractivity contribution in [1.29, 1.82) is 0 Å². The molecule has 0 saturated carbocycles. The van der Waals surface area contributed by atoms with Crippen LogP contribution in [0.25, 0.3) is 0 Å². The van der Waals surface area contributed by atoms with Crippen LogP contribution < -0.4 is 20.1 Å². The molecule has 2 aromatic carbocycles. The minimum atomic E-state index is -0.294. The third kappa shape index (κ3) is 4.45. The second kappa shape index (κ2) is 8.37. The van der Waals surface area contributed by atoms with Gasteiger partial charge in [-0.05, 0) is 47.8 Å². The van der Waals surface area contributed by atoms with E-state index >= 15 is 0 Å². The Labute approximate surface area is 160 Å². The average Bonchev–Trinajstić information content (AvgIpc) is 3.23. The molecule has 6 nitrogen and oxygen atoms in total.